The van der Waals surface area contributed by atoms with E-state index in [1.54, 1.807) is 42.6 Å². The van der Waals surface area contributed by atoms with E-state index in [9.17, 15) is 36.6 Å². The number of benzene rings is 3. The summed E-state index contributed by atoms with van der Waals surface area (Å²) in [6, 6.07) is 19.5. The van der Waals surface area contributed by atoms with Crippen molar-refractivity contribution in [2.75, 3.05) is 30.4 Å². The monoisotopic (exact) mass is 664 g/mol. The van der Waals surface area contributed by atoms with E-state index in [-0.39, 0.29) is 29.5 Å². The Morgan fingerprint density at radius 1 is 0.958 bits per heavy atom. The van der Waals surface area contributed by atoms with Crippen LogP contribution in [0.25, 0.3) is 16.8 Å². The lowest BCUT2D eigenvalue weighted by Crippen LogP contribution is -2.34. The van der Waals surface area contributed by atoms with Gasteiger partial charge in [-0.2, -0.15) is 18.2 Å². The molecule has 3 aromatic carbocycles. The molecule has 0 saturated carbocycles. The van der Waals surface area contributed by atoms with Crippen molar-refractivity contribution in [3.63, 3.8) is 0 Å². The lowest BCUT2D eigenvalue weighted by atomic mass is 9.99. The fraction of sp³-hybridized carbons (Fsp3) is 0.152. The number of nitrogens with zero attached hydrogens (tertiary/aromatic N) is 4. The maximum atomic E-state index is 13.3. The predicted octanol–water partition coefficient (Wildman–Crippen LogP) is 6.20. The Hall–Kier alpha value is -5.83. The molecule has 0 bridgehead atoms. The number of pyridine rings is 1. The molecule has 1 atom stereocenters. The number of carbonyl (C=O) groups is 2. The number of aliphatic hydroxyl groups is 1. The van der Waals surface area contributed by atoms with Crippen molar-refractivity contribution < 1.29 is 41.4 Å². The largest absolute Gasteiger partial charge is 0.482 e. The highest BCUT2D eigenvalue weighted by Gasteiger charge is 2.30. The maximum absolute atomic E-state index is 13.3. The van der Waals surface area contributed by atoms with Gasteiger partial charge in [-0.15, -0.1) is 5.10 Å². The number of ether oxygens (including phenoxy) is 1. The van der Waals surface area contributed by atoms with Crippen LogP contribution in [0.4, 0.5) is 39.3 Å². The lowest BCUT2D eigenvalue weighted by Gasteiger charge is -2.25. The number of aliphatic hydroxyl groups excluding tert-OH is 1. The quantitative estimate of drug-likeness (QED) is 0.152. The third-order valence-corrected chi connectivity index (χ3v) is 7.33. The van der Waals surface area contributed by atoms with Gasteiger partial charge in [0, 0.05) is 29.2 Å². The molecule has 2 aromatic heterocycles. The highest BCUT2D eigenvalue weighted by Crippen LogP contribution is 2.32. The lowest BCUT2D eigenvalue weighted by molar-refractivity contribution is -0.153. The van der Waals surface area contributed by atoms with Crippen LogP contribution < -0.4 is 15.4 Å². The normalized spacial score (nSPS) is 13.5. The number of carbonyl (C=O) groups excluding carboxylic acids is 2. The molecule has 3 N–H and O–H groups in total. The summed E-state index contributed by atoms with van der Waals surface area (Å²) in [5.74, 6) is -3.14. The Bertz CT molecular complexity index is 2010. The molecule has 0 unspecified atom stereocenters. The van der Waals surface area contributed by atoms with Crippen molar-refractivity contribution in [2.24, 2.45) is 0 Å². The maximum Gasteiger partial charge on any atom is 0.422 e. The molecule has 15 heteroatoms. The summed E-state index contributed by atoms with van der Waals surface area (Å²) in [6.45, 7) is -2.30. The molecular weight excluding hydrogens is 639 g/mol. The fourth-order valence-electron chi connectivity index (χ4n) is 4.88. The van der Waals surface area contributed by atoms with E-state index >= 15 is 0 Å². The standard InChI is InChI=1S/C33H25F5N6O4/c34-23-7-1-20(2-8-23)26(17-45)30(46)39-25-9-3-19(4-10-25)22-6-12-29-41-32(42-44(29)14-22)40-27-11-5-21(31(47)43-15-24(35)16-43)13-28(27)48-18-33(36,37)38/h1-15,26,45H,16-18H2,(H,39,46)(H,40,42)/t26-/m1/s1. The third-order valence-electron chi connectivity index (χ3n) is 7.33. The number of anilines is 3. The highest BCUT2D eigenvalue weighted by molar-refractivity contribution is 5.97. The first kappa shape index (κ1) is 32.1. The number of hydrogen-bond donors (Lipinski definition) is 3. The van der Waals surface area contributed by atoms with E-state index in [2.05, 4.69) is 20.7 Å². The van der Waals surface area contributed by atoms with Crippen molar-refractivity contribution in [1.82, 2.24) is 19.5 Å². The zero-order chi connectivity index (χ0) is 34.0. The summed E-state index contributed by atoms with van der Waals surface area (Å²) in [4.78, 5) is 30.8. The van der Waals surface area contributed by atoms with E-state index < -0.39 is 48.8 Å². The van der Waals surface area contributed by atoms with Crippen LogP contribution >= 0.6 is 0 Å². The molecule has 1 aliphatic rings. The summed E-state index contributed by atoms with van der Waals surface area (Å²) in [7, 11) is 0. The third kappa shape index (κ3) is 7.25. The SMILES string of the molecule is O=C(Nc1ccc(-c2ccc3nc(Nc4ccc(C(=O)N5C=C(F)C5)cc4OCC(F)(F)F)nn3c2)cc1)[C@H](CO)c1ccc(F)cc1. The first-order valence-electron chi connectivity index (χ1n) is 14.4. The van der Waals surface area contributed by atoms with E-state index in [1.165, 1.54) is 40.9 Å². The summed E-state index contributed by atoms with van der Waals surface area (Å²) < 4.78 is 71.7. The molecule has 0 saturated heterocycles. The van der Waals surface area contributed by atoms with Crippen LogP contribution in [0.5, 0.6) is 5.75 Å². The average Bonchev–Trinajstić information content (AvgIpc) is 3.45. The van der Waals surface area contributed by atoms with E-state index in [4.69, 9.17) is 4.74 Å². The molecular formula is C33H25F5N6O4. The second-order valence-electron chi connectivity index (χ2n) is 10.8. The molecule has 2 amide bonds. The minimum absolute atomic E-state index is 0.000699. The number of halogens is 5. The van der Waals surface area contributed by atoms with Crippen molar-refractivity contribution in [3.05, 3.63) is 114 Å². The molecule has 0 aliphatic carbocycles. The minimum atomic E-state index is -4.64. The van der Waals surface area contributed by atoms with E-state index in [0.29, 0.717) is 16.9 Å². The molecule has 0 fully saturated rings. The van der Waals surface area contributed by atoms with Gasteiger partial charge in [-0.05, 0) is 65.7 Å². The molecule has 5 aromatic rings. The average molecular weight is 665 g/mol. The number of fused-ring (bicyclic) bond motifs is 1. The first-order chi connectivity index (χ1) is 23.0. The van der Waals surface area contributed by atoms with Crippen LogP contribution in [0, 0.1) is 5.82 Å². The summed E-state index contributed by atoms with van der Waals surface area (Å²) in [6.07, 6.45) is -1.97. The number of aromatic nitrogens is 3. The number of hydrogen-bond acceptors (Lipinski definition) is 7. The number of amides is 2. The van der Waals surface area contributed by atoms with Gasteiger partial charge in [0.1, 0.15) is 17.4 Å². The summed E-state index contributed by atoms with van der Waals surface area (Å²) >= 11 is 0. The van der Waals surface area contributed by atoms with Gasteiger partial charge >= 0.3 is 6.18 Å². The Balaban J connectivity index is 1.17. The van der Waals surface area contributed by atoms with Gasteiger partial charge in [-0.3, -0.25) is 9.59 Å². The number of alkyl halides is 3. The van der Waals surface area contributed by atoms with Gasteiger partial charge in [-0.25, -0.2) is 13.3 Å². The van der Waals surface area contributed by atoms with Gasteiger partial charge < -0.3 is 25.4 Å². The second kappa shape index (κ2) is 13.1. The van der Waals surface area contributed by atoms with Crippen LogP contribution in [0.3, 0.4) is 0 Å². The van der Waals surface area contributed by atoms with E-state index in [1.807, 2.05) is 0 Å². The van der Waals surface area contributed by atoms with Gasteiger partial charge in [0.15, 0.2) is 12.3 Å². The zero-order valence-electron chi connectivity index (χ0n) is 24.7. The second-order valence-corrected chi connectivity index (χ2v) is 10.8. The Morgan fingerprint density at radius 2 is 1.67 bits per heavy atom. The Labute approximate surface area is 269 Å². The molecule has 6 rings (SSSR count). The Kier molecular flexibility index (Phi) is 8.78. The number of rotatable bonds is 10. The molecule has 3 heterocycles. The zero-order valence-corrected chi connectivity index (χ0v) is 24.7. The summed E-state index contributed by atoms with van der Waals surface area (Å²) in [5.41, 5.74) is 2.91. The minimum Gasteiger partial charge on any atom is -0.482 e. The smallest absolute Gasteiger partial charge is 0.422 e. The van der Waals surface area contributed by atoms with Crippen LogP contribution in [0.15, 0.2) is 97.1 Å². The predicted molar refractivity (Wildman–Crippen MR) is 165 cm³/mol. The Morgan fingerprint density at radius 3 is 2.33 bits per heavy atom. The molecule has 1 aliphatic heterocycles. The molecule has 0 radical (unpaired) electrons. The molecule has 246 valence electrons. The molecule has 10 nitrogen and oxygen atoms in total. The van der Waals surface area contributed by atoms with Gasteiger partial charge in [0.2, 0.25) is 11.9 Å². The van der Waals surface area contributed by atoms with Crippen LogP contribution in [0.1, 0.15) is 21.8 Å². The van der Waals surface area contributed by atoms with Gasteiger partial charge in [0.05, 0.1) is 24.8 Å². The van der Waals surface area contributed by atoms with Crippen LogP contribution in [-0.4, -0.2) is 62.4 Å². The van der Waals surface area contributed by atoms with Crippen molar-refractivity contribution in [2.45, 2.75) is 12.1 Å². The summed E-state index contributed by atoms with van der Waals surface area (Å²) in [5, 5.41) is 19.7. The van der Waals surface area contributed by atoms with Crippen LogP contribution in [0.2, 0.25) is 0 Å². The molecule has 48 heavy (non-hydrogen) atoms. The van der Waals surface area contributed by atoms with Crippen LogP contribution in [-0.2, 0) is 4.79 Å². The topological polar surface area (TPSA) is 121 Å². The van der Waals surface area contributed by atoms with Crippen molar-refractivity contribution >= 4 is 34.8 Å². The van der Waals surface area contributed by atoms with Gasteiger partial charge in [0.25, 0.3) is 5.91 Å². The fourth-order valence-corrected chi connectivity index (χ4v) is 4.88. The first-order valence-corrected chi connectivity index (χ1v) is 14.4. The number of nitrogens with one attached hydrogen (secondary N) is 2. The van der Waals surface area contributed by atoms with Gasteiger partial charge in [-0.1, -0.05) is 24.3 Å². The van der Waals surface area contributed by atoms with E-state index in [0.717, 1.165) is 28.3 Å². The highest BCUT2D eigenvalue weighted by atomic mass is 19.4. The molecule has 0 spiro atoms. The van der Waals surface area contributed by atoms with Crippen molar-refractivity contribution in [1.29, 1.82) is 0 Å². The van der Waals surface area contributed by atoms with Crippen molar-refractivity contribution in [3.8, 4) is 16.9 Å².